The van der Waals surface area contributed by atoms with Crippen LogP contribution in [-0.2, 0) is 20.9 Å². The van der Waals surface area contributed by atoms with Crippen molar-refractivity contribution in [1.29, 1.82) is 0 Å². The first-order valence-electron chi connectivity index (χ1n) is 8.02. The van der Waals surface area contributed by atoms with Crippen molar-refractivity contribution >= 4 is 17.8 Å². The molecule has 0 unspecified atom stereocenters. The van der Waals surface area contributed by atoms with E-state index in [0.717, 1.165) is 18.7 Å². The highest BCUT2D eigenvalue weighted by atomic mass is 16.5. The lowest BCUT2D eigenvalue weighted by Gasteiger charge is -2.31. The monoisotopic (exact) mass is 334 g/mol. The summed E-state index contributed by atoms with van der Waals surface area (Å²) in [6.45, 7) is 5.39. The number of nitrogens with one attached hydrogen (secondary N) is 2. The predicted molar refractivity (Wildman–Crippen MR) is 87.4 cm³/mol. The van der Waals surface area contributed by atoms with E-state index in [9.17, 15) is 14.4 Å². The fourth-order valence-electron chi connectivity index (χ4n) is 2.68. The summed E-state index contributed by atoms with van der Waals surface area (Å²) in [5.41, 5.74) is 1.41. The number of hydrogen-bond donors (Lipinski definition) is 2. The van der Waals surface area contributed by atoms with Crippen LogP contribution in [0.5, 0.6) is 0 Å². The zero-order valence-corrected chi connectivity index (χ0v) is 14.1. The number of amides is 2. The molecule has 0 aliphatic carbocycles. The minimum Gasteiger partial charge on any atom is -0.465 e. The van der Waals surface area contributed by atoms with Gasteiger partial charge in [0.25, 0.3) is 5.91 Å². The molecule has 2 rings (SSSR count). The lowest BCUT2D eigenvalue weighted by Crippen LogP contribution is -3.15. The molecule has 24 heavy (non-hydrogen) atoms. The number of hydrogen-bond acceptors (Lipinski definition) is 4. The minimum atomic E-state index is -0.376. The molecule has 0 radical (unpaired) electrons. The lowest BCUT2D eigenvalue weighted by molar-refractivity contribution is -0.896. The second-order valence-corrected chi connectivity index (χ2v) is 5.90. The van der Waals surface area contributed by atoms with Crippen molar-refractivity contribution in [2.75, 3.05) is 39.8 Å². The number of methoxy groups -OCH3 is 1. The van der Waals surface area contributed by atoms with Crippen molar-refractivity contribution in [3.05, 3.63) is 35.4 Å². The van der Waals surface area contributed by atoms with Crippen molar-refractivity contribution in [1.82, 2.24) is 10.2 Å². The smallest absolute Gasteiger partial charge is 0.337 e. The molecular weight excluding hydrogens is 310 g/mol. The van der Waals surface area contributed by atoms with Crippen molar-refractivity contribution in [3.8, 4) is 0 Å². The number of piperazine rings is 1. The maximum absolute atomic E-state index is 12.0. The summed E-state index contributed by atoms with van der Waals surface area (Å²) in [7, 11) is 1.34. The van der Waals surface area contributed by atoms with E-state index in [1.165, 1.54) is 12.0 Å². The van der Waals surface area contributed by atoms with Crippen LogP contribution in [0.4, 0.5) is 0 Å². The standard InChI is InChI=1S/C17H23N3O4/c1-13(21)20-9-7-19(8-10-20)12-16(22)18-11-14-3-5-15(6-4-14)17(23)24-2/h3-6H,7-12H2,1-2H3,(H,18,22)/p+1. The number of carbonyl (C=O) groups excluding carboxylic acids is 3. The van der Waals surface area contributed by atoms with E-state index in [1.54, 1.807) is 31.2 Å². The molecule has 0 aromatic heterocycles. The van der Waals surface area contributed by atoms with Gasteiger partial charge in [0.2, 0.25) is 5.91 Å². The zero-order valence-electron chi connectivity index (χ0n) is 14.1. The van der Waals surface area contributed by atoms with E-state index in [1.807, 2.05) is 4.90 Å². The SMILES string of the molecule is COC(=O)c1ccc(CNC(=O)C[NH+]2CCN(C(C)=O)CC2)cc1. The van der Waals surface area contributed by atoms with E-state index in [2.05, 4.69) is 10.1 Å². The van der Waals surface area contributed by atoms with Gasteiger partial charge in [-0.05, 0) is 17.7 Å². The summed E-state index contributed by atoms with van der Waals surface area (Å²) in [5.74, 6) is -0.300. The Hall–Kier alpha value is -2.41. The zero-order chi connectivity index (χ0) is 17.5. The predicted octanol–water partition coefficient (Wildman–Crippen LogP) is -1.16. The first kappa shape index (κ1) is 17.9. The second-order valence-electron chi connectivity index (χ2n) is 5.90. The Morgan fingerprint density at radius 3 is 2.33 bits per heavy atom. The van der Waals surface area contributed by atoms with Crippen LogP contribution in [0.2, 0.25) is 0 Å². The van der Waals surface area contributed by atoms with Crippen molar-refractivity contribution in [2.24, 2.45) is 0 Å². The number of nitrogens with zero attached hydrogens (tertiary/aromatic N) is 1. The summed E-state index contributed by atoms with van der Waals surface area (Å²) in [5, 5.41) is 2.89. The summed E-state index contributed by atoms with van der Waals surface area (Å²) in [6.07, 6.45) is 0. The maximum Gasteiger partial charge on any atom is 0.337 e. The number of quaternary nitrogens is 1. The Morgan fingerprint density at radius 2 is 1.79 bits per heavy atom. The molecule has 1 heterocycles. The van der Waals surface area contributed by atoms with Gasteiger partial charge in [-0.2, -0.15) is 0 Å². The van der Waals surface area contributed by atoms with E-state index < -0.39 is 0 Å². The Kier molecular flexibility index (Phi) is 6.31. The van der Waals surface area contributed by atoms with Gasteiger partial charge in [-0.1, -0.05) is 12.1 Å². The highest BCUT2D eigenvalue weighted by Crippen LogP contribution is 2.05. The Bertz CT molecular complexity index is 592. The number of rotatable bonds is 5. The van der Waals surface area contributed by atoms with Gasteiger partial charge in [0, 0.05) is 13.5 Å². The molecule has 1 aliphatic heterocycles. The third kappa shape index (κ3) is 5.06. The fraction of sp³-hybridized carbons (Fsp3) is 0.471. The summed E-state index contributed by atoms with van der Waals surface area (Å²) >= 11 is 0. The Balaban J connectivity index is 1.73. The quantitative estimate of drug-likeness (QED) is 0.666. The molecule has 0 saturated carbocycles. The molecular formula is C17H24N3O4+. The second kappa shape index (κ2) is 8.44. The maximum atomic E-state index is 12.0. The highest BCUT2D eigenvalue weighted by molar-refractivity contribution is 5.89. The molecule has 7 nitrogen and oxygen atoms in total. The van der Waals surface area contributed by atoms with Gasteiger partial charge in [0.15, 0.2) is 6.54 Å². The van der Waals surface area contributed by atoms with Crippen LogP contribution in [-0.4, -0.2) is 62.5 Å². The van der Waals surface area contributed by atoms with Crippen LogP contribution in [0.15, 0.2) is 24.3 Å². The van der Waals surface area contributed by atoms with E-state index in [0.29, 0.717) is 31.7 Å². The van der Waals surface area contributed by atoms with Gasteiger partial charge in [0.1, 0.15) is 0 Å². The molecule has 2 amide bonds. The Labute approximate surface area is 141 Å². The van der Waals surface area contributed by atoms with Crippen LogP contribution in [0, 0.1) is 0 Å². The van der Waals surface area contributed by atoms with Gasteiger partial charge in [0.05, 0.1) is 38.9 Å². The number of benzene rings is 1. The number of carbonyl (C=O) groups is 3. The molecule has 2 N–H and O–H groups in total. The van der Waals surface area contributed by atoms with Gasteiger partial charge >= 0.3 is 5.97 Å². The molecule has 0 bridgehead atoms. The van der Waals surface area contributed by atoms with Crippen LogP contribution >= 0.6 is 0 Å². The van der Waals surface area contributed by atoms with Crippen LogP contribution in [0.25, 0.3) is 0 Å². The Morgan fingerprint density at radius 1 is 1.17 bits per heavy atom. The largest absolute Gasteiger partial charge is 0.465 e. The topological polar surface area (TPSA) is 80.2 Å². The van der Waals surface area contributed by atoms with E-state index in [4.69, 9.17) is 0 Å². The van der Waals surface area contributed by atoms with Gasteiger partial charge in [-0.25, -0.2) is 4.79 Å². The molecule has 0 atom stereocenters. The molecule has 7 heteroatoms. The number of esters is 1. The lowest BCUT2D eigenvalue weighted by atomic mass is 10.1. The normalized spacial score (nSPS) is 15.0. The van der Waals surface area contributed by atoms with Crippen molar-refractivity contribution in [2.45, 2.75) is 13.5 Å². The van der Waals surface area contributed by atoms with E-state index >= 15 is 0 Å². The highest BCUT2D eigenvalue weighted by Gasteiger charge is 2.23. The average molecular weight is 334 g/mol. The van der Waals surface area contributed by atoms with Crippen LogP contribution < -0.4 is 10.2 Å². The van der Waals surface area contributed by atoms with Gasteiger partial charge in [-0.15, -0.1) is 0 Å². The summed E-state index contributed by atoms with van der Waals surface area (Å²) in [6, 6.07) is 6.95. The summed E-state index contributed by atoms with van der Waals surface area (Å²) in [4.78, 5) is 37.7. The third-order valence-corrected chi connectivity index (χ3v) is 4.19. The molecule has 1 aromatic rings. The van der Waals surface area contributed by atoms with Crippen LogP contribution in [0.3, 0.4) is 0 Å². The molecule has 130 valence electrons. The first-order valence-corrected chi connectivity index (χ1v) is 8.02. The van der Waals surface area contributed by atoms with Crippen LogP contribution in [0.1, 0.15) is 22.8 Å². The molecule has 1 fully saturated rings. The van der Waals surface area contributed by atoms with E-state index in [-0.39, 0.29) is 17.8 Å². The minimum absolute atomic E-state index is 0.0154. The molecule has 0 spiro atoms. The fourth-order valence-corrected chi connectivity index (χ4v) is 2.68. The number of ether oxygens (including phenoxy) is 1. The average Bonchev–Trinajstić information content (AvgIpc) is 2.60. The summed E-state index contributed by atoms with van der Waals surface area (Å²) < 4.78 is 4.65. The van der Waals surface area contributed by atoms with Crippen molar-refractivity contribution in [3.63, 3.8) is 0 Å². The van der Waals surface area contributed by atoms with Gasteiger partial charge < -0.3 is 19.9 Å². The molecule has 1 aromatic carbocycles. The molecule has 1 aliphatic rings. The third-order valence-electron chi connectivity index (χ3n) is 4.19. The molecule has 1 saturated heterocycles. The first-order chi connectivity index (χ1) is 11.5. The van der Waals surface area contributed by atoms with Crippen molar-refractivity contribution < 1.29 is 24.0 Å². The van der Waals surface area contributed by atoms with Gasteiger partial charge in [-0.3, -0.25) is 9.59 Å².